The molecule has 2 heterocycles. The molecule has 0 radical (unpaired) electrons. The van der Waals surface area contributed by atoms with E-state index in [1.807, 2.05) is 17.9 Å². The maximum atomic E-state index is 12.1. The summed E-state index contributed by atoms with van der Waals surface area (Å²) in [5.74, 6) is 0.574. The van der Waals surface area contributed by atoms with Crippen molar-refractivity contribution in [1.29, 1.82) is 0 Å². The van der Waals surface area contributed by atoms with Crippen molar-refractivity contribution in [2.24, 2.45) is 5.73 Å². The molecule has 0 aliphatic carbocycles. The minimum absolute atomic E-state index is 0.0975. The summed E-state index contributed by atoms with van der Waals surface area (Å²) in [6, 6.07) is 7.92. The lowest BCUT2D eigenvalue weighted by Crippen LogP contribution is -2.46. The van der Waals surface area contributed by atoms with Crippen LogP contribution in [0, 0.1) is 0 Å². The van der Waals surface area contributed by atoms with Crippen LogP contribution in [0.25, 0.3) is 10.2 Å². The molecule has 3 rings (SSSR count). The van der Waals surface area contributed by atoms with E-state index in [0.717, 1.165) is 31.4 Å². The van der Waals surface area contributed by atoms with E-state index in [1.165, 1.54) is 9.71 Å². The maximum Gasteiger partial charge on any atom is 0.239 e. The molecule has 1 aliphatic rings. The normalized spacial score (nSPS) is 18.1. The zero-order valence-corrected chi connectivity index (χ0v) is 13.1. The van der Waals surface area contributed by atoms with Crippen molar-refractivity contribution in [2.75, 3.05) is 13.1 Å². The van der Waals surface area contributed by atoms with Gasteiger partial charge in [-0.25, -0.2) is 4.98 Å². The summed E-state index contributed by atoms with van der Waals surface area (Å²) in [6.07, 6.45) is 2.68. The topological polar surface area (TPSA) is 59.2 Å². The summed E-state index contributed by atoms with van der Waals surface area (Å²) in [5.41, 5.74) is 6.93. The van der Waals surface area contributed by atoms with Gasteiger partial charge in [0.25, 0.3) is 0 Å². The Morgan fingerprint density at radius 2 is 2.14 bits per heavy atom. The zero-order valence-electron chi connectivity index (χ0n) is 12.3. The molecule has 1 amide bonds. The number of amides is 1. The smallest absolute Gasteiger partial charge is 0.239 e. The molecule has 0 unspecified atom stereocenters. The van der Waals surface area contributed by atoms with Crippen LogP contribution in [0.15, 0.2) is 24.3 Å². The Labute approximate surface area is 129 Å². The lowest BCUT2D eigenvalue weighted by atomic mass is 9.97. The number of thiazole rings is 1. The Bertz CT molecular complexity index is 598. The second kappa shape index (κ2) is 6.12. The highest BCUT2D eigenvalue weighted by Crippen LogP contribution is 2.33. The molecular weight excluding hydrogens is 282 g/mol. The molecule has 1 fully saturated rings. The van der Waals surface area contributed by atoms with Crippen LogP contribution in [0.5, 0.6) is 0 Å². The first-order valence-corrected chi connectivity index (χ1v) is 8.40. The summed E-state index contributed by atoms with van der Waals surface area (Å²) in [4.78, 5) is 18.8. The number of piperidine rings is 1. The fraction of sp³-hybridized carbons (Fsp3) is 0.500. The van der Waals surface area contributed by atoms with Gasteiger partial charge < -0.3 is 10.6 Å². The molecule has 1 saturated heterocycles. The van der Waals surface area contributed by atoms with Gasteiger partial charge in [0.2, 0.25) is 5.91 Å². The first kappa shape index (κ1) is 14.5. The predicted octanol–water partition coefficient (Wildman–Crippen LogP) is 2.74. The molecule has 1 aromatic heterocycles. The number of hydrogen-bond acceptors (Lipinski definition) is 4. The maximum absolute atomic E-state index is 12.1. The van der Waals surface area contributed by atoms with E-state index >= 15 is 0 Å². The van der Waals surface area contributed by atoms with Crippen molar-refractivity contribution in [1.82, 2.24) is 9.88 Å². The molecule has 4 nitrogen and oxygen atoms in total. The SMILES string of the molecule is CC[C@H](N)C(=O)N1CCC(c2nc3ccccc3s2)CC1. The van der Waals surface area contributed by atoms with Gasteiger partial charge in [0.05, 0.1) is 21.3 Å². The average molecular weight is 303 g/mol. The Morgan fingerprint density at radius 3 is 2.81 bits per heavy atom. The van der Waals surface area contributed by atoms with Crippen molar-refractivity contribution in [2.45, 2.75) is 38.1 Å². The highest BCUT2D eigenvalue weighted by Gasteiger charge is 2.27. The first-order valence-electron chi connectivity index (χ1n) is 7.59. The third-order valence-electron chi connectivity index (χ3n) is 4.22. The number of likely N-dealkylation sites (tertiary alicyclic amines) is 1. The van der Waals surface area contributed by atoms with Crippen LogP contribution in [0.3, 0.4) is 0 Å². The Balaban J connectivity index is 1.67. The fourth-order valence-corrected chi connectivity index (χ4v) is 3.96. The van der Waals surface area contributed by atoms with Gasteiger partial charge in [0.1, 0.15) is 0 Å². The van der Waals surface area contributed by atoms with Crippen LogP contribution in [0.4, 0.5) is 0 Å². The van der Waals surface area contributed by atoms with E-state index in [9.17, 15) is 4.79 Å². The molecule has 0 spiro atoms. The summed E-state index contributed by atoms with van der Waals surface area (Å²) >= 11 is 1.78. The van der Waals surface area contributed by atoms with E-state index < -0.39 is 0 Å². The average Bonchev–Trinajstić information content (AvgIpc) is 2.97. The molecule has 112 valence electrons. The zero-order chi connectivity index (χ0) is 14.8. The van der Waals surface area contributed by atoms with E-state index in [4.69, 9.17) is 10.7 Å². The molecule has 21 heavy (non-hydrogen) atoms. The first-order chi connectivity index (χ1) is 10.2. The van der Waals surface area contributed by atoms with Gasteiger partial charge in [-0.1, -0.05) is 19.1 Å². The third-order valence-corrected chi connectivity index (χ3v) is 5.42. The molecule has 2 aromatic rings. The third kappa shape index (κ3) is 2.94. The highest BCUT2D eigenvalue weighted by atomic mass is 32.1. The van der Waals surface area contributed by atoms with Crippen LogP contribution >= 0.6 is 11.3 Å². The number of fused-ring (bicyclic) bond motifs is 1. The molecule has 0 saturated carbocycles. The van der Waals surface area contributed by atoms with Crippen molar-refractivity contribution in [3.8, 4) is 0 Å². The molecule has 0 bridgehead atoms. The van der Waals surface area contributed by atoms with E-state index in [2.05, 4.69) is 18.2 Å². The standard InChI is InChI=1S/C16H21N3OS/c1-2-12(17)16(20)19-9-7-11(8-10-19)15-18-13-5-3-4-6-14(13)21-15/h3-6,11-12H,2,7-10,17H2,1H3/t12-/m0/s1. The predicted molar refractivity (Wildman–Crippen MR) is 86.4 cm³/mol. The molecule has 1 atom stereocenters. The number of carbonyl (C=O) groups excluding carboxylic acids is 1. The molecular formula is C16H21N3OS. The summed E-state index contributed by atoms with van der Waals surface area (Å²) in [5, 5.41) is 1.21. The van der Waals surface area contributed by atoms with E-state index in [-0.39, 0.29) is 11.9 Å². The monoisotopic (exact) mass is 303 g/mol. The Kier molecular flexibility index (Phi) is 4.22. The van der Waals surface area contributed by atoms with E-state index in [1.54, 1.807) is 11.3 Å². The minimum Gasteiger partial charge on any atom is -0.341 e. The Hall–Kier alpha value is -1.46. The van der Waals surface area contributed by atoms with Crippen LogP contribution < -0.4 is 5.73 Å². The lowest BCUT2D eigenvalue weighted by Gasteiger charge is -2.32. The number of nitrogens with two attached hydrogens (primary N) is 1. The Morgan fingerprint density at radius 1 is 1.43 bits per heavy atom. The number of hydrogen-bond donors (Lipinski definition) is 1. The number of para-hydroxylation sites is 1. The second-order valence-corrected chi connectivity index (χ2v) is 6.70. The van der Waals surface area contributed by atoms with Crippen molar-refractivity contribution >= 4 is 27.5 Å². The van der Waals surface area contributed by atoms with Crippen molar-refractivity contribution in [3.05, 3.63) is 29.3 Å². The van der Waals surface area contributed by atoms with Gasteiger partial charge in [-0.3, -0.25) is 4.79 Å². The molecule has 5 heteroatoms. The van der Waals surface area contributed by atoms with Gasteiger partial charge in [-0.15, -0.1) is 11.3 Å². The number of aromatic nitrogens is 1. The van der Waals surface area contributed by atoms with Crippen LogP contribution in [0.1, 0.15) is 37.1 Å². The van der Waals surface area contributed by atoms with Gasteiger partial charge >= 0.3 is 0 Å². The van der Waals surface area contributed by atoms with Crippen molar-refractivity contribution < 1.29 is 4.79 Å². The van der Waals surface area contributed by atoms with Crippen LogP contribution in [0.2, 0.25) is 0 Å². The largest absolute Gasteiger partial charge is 0.341 e. The van der Waals surface area contributed by atoms with Gasteiger partial charge in [-0.2, -0.15) is 0 Å². The summed E-state index contributed by atoms with van der Waals surface area (Å²) in [6.45, 7) is 3.55. The van der Waals surface area contributed by atoms with Gasteiger partial charge in [-0.05, 0) is 31.4 Å². The van der Waals surface area contributed by atoms with E-state index in [0.29, 0.717) is 12.3 Å². The number of carbonyl (C=O) groups is 1. The molecule has 1 aromatic carbocycles. The van der Waals surface area contributed by atoms with Crippen molar-refractivity contribution in [3.63, 3.8) is 0 Å². The fourth-order valence-electron chi connectivity index (χ4n) is 2.82. The quantitative estimate of drug-likeness (QED) is 0.948. The summed E-state index contributed by atoms with van der Waals surface area (Å²) < 4.78 is 1.25. The molecule has 2 N–H and O–H groups in total. The lowest BCUT2D eigenvalue weighted by molar-refractivity contribution is -0.133. The van der Waals surface area contributed by atoms with Crippen LogP contribution in [-0.2, 0) is 4.79 Å². The summed E-state index contributed by atoms with van der Waals surface area (Å²) in [7, 11) is 0. The second-order valence-electron chi connectivity index (χ2n) is 5.63. The van der Waals surface area contributed by atoms with Gasteiger partial charge in [0, 0.05) is 19.0 Å². The number of rotatable bonds is 3. The van der Waals surface area contributed by atoms with Crippen LogP contribution in [-0.4, -0.2) is 34.9 Å². The van der Waals surface area contributed by atoms with Gasteiger partial charge in [0.15, 0.2) is 0 Å². The molecule has 1 aliphatic heterocycles. The minimum atomic E-state index is -0.344. The number of nitrogens with zero attached hydrogens (tertiary/aromatic N) is 2. The number of benzene rings is 1. The highest BCUT2D eigenvalue weighted by molar-refractivity contribution is 7.18.